The van der Waals surface area contributed by atoms with Crippen LogP contribution in [0, 0.1) is 0 Å². The summed E-state index contributed by atoms with van der Waals surface area (Å²) in [6.07, 6.45) is 2.19. The fourth-order valence-corrected chi connectivity index (χ4v) is 1.68. The third-order valence-electron chi connectivity index (χ3n) is 2.68. The first kappa shape index (κ1) is 12.9. The molecular formula is C14H15N3O2. The van der Waals surface area contributed by atoms with Gasteiger partial charge in [-0.3, -0.25) is 9.78 Å². The van der Waals surface area contributed by atoms with Gasteiger partial charge in [0.2, 0.25) is 0 Å². The number of aromatic nitrogens is 1. The monoisotopic (exact) mass is 257 g/mol. The zero-order chi connectivity index (χ0) is 13.7. The number of ether oxygens (including phenoxy) is 1. The van der Waals surface area contributed by atoms with Gasteiger partial charge in [0.05, 0.1) is 6.61 Å². The van der Waals surface area contributed by atoms with E-state index in [9.17, 15) is 4.79 Å². The van der Waals surface area contributed by atoms with E-state index in [1.54, 1.807) is 6.07 Å². The lowest BCUT2D eigenvalue weighted by Gasteiger charge is -2.08. The predicted molar refractivity (Wildman–Crippen MR) is 72.8 cm³/mol. The first-order valence-electron chi connectivity index (χ1n) is 5.89. The maximum absolute atomic E-state index is 11.0. The molecule has 1 aromatic heterocycles. The Hall–Kier alpha value is -2.56. The molecule has 0 spiro atoms. The van der Waals surface area contributed by atoms with Crippen molar-refractivity contribution in [2.24, 2.45) is 5.73 Å². The molecule has 0 saturated heterocycles. The lowest BCUT2D eigenvalue weighted by molar-refractivity contribution is 0.0995. The molecule has 0 aliphatic heterocycles. The standard InChI is InChI=1S/C14H15N3O2/c15-12-4-2-1-3-10(12)6-8-19-11-5-7-17-13(9-11)14(16)18/h1-5,7,9H,6,8,15H2,(H2,16,18). The smallest absolute Gasteiger partial charge is 0.267 e. The van der Waals surface area contributed by atoms with Crippen LogP contribution < -0.4 is 16.2 Å². The fourth-order valence-electron chi connectivity index (χ4n) is 1.68. The number of carbonyl (C=O) groups is 1. The number of nitrogen functional groups attached to an aromatic ring is 1. The Kier molecular flexibility index (Phi) is 3.97. The minimum absolute atomic E-state index is 0.191. The van der Waals surface area contributed by atoms with Crippen LogP contribution in [0.1, 0.15) is 16.1 Å². The highest BCUT2D eigenvalue weighted by Gasteiger charge is 2.04. The van der Waals surface area contributed by atoms with Crippen molar-refractivity contribution in [3.05, 3.63) is 53.9 Å². The van der Waals surface area contributed by atoms with Gasteiger partial charge in [-0.1, -0.05) is 18.2 Å². The van der Waals surface area contributed by atoms with E-state index in [1.165, 1.54) is 12.3 Å². The molecule has 5 heteroatoms. The SMILES string of the molecule is NC(=O)c1cc(OCCc2ccccc2N)ccn1. The number of anilines is 1. The summed E-state index contributed by atoms with van der Waals surface area (Å²) >= 11 is 0. The Morgan fingerprint density at radius 3 is 2.79 bits per heavy atom. The Morgan fingerprint density at radius 2 is 2.05 bits per heavy atom. The van der Waals surface area contributed by atoms with E-state index in [0.29, 0.717) is 18.8 Å². The zero-order valence-corrected chi connectivity index (χ0v) is 10.4. The van der Waals surface area contributed by atoms with E-state index in [4.69, 9.17) is 16.2 Å². The molecule has 0 radical (unpaired) electrons. The van der Waals surface area contributed by atoms with Gasteiger partial charge in [0.15, 0.2) is 0 Å². The number of pyridine rings is 1. The summed E-state index contributed by atoms with van der Waals surface area (Å²) in [4.78, 5) is 14.8. The van der Waals surface area contributed by atoms with Gasteiger partial charge in [-0.15, -0.1) is 0 Å². The van der Waals surface area contributed by atoms with E-state index in [1.807, 2.05) is 24.3 Å². The van der Waals surface area contributed by atoms with Crippen molar-refractivity contribution >= 4 is 11.6 Å². The van der Waals surface area contributed by atoms with Gasteiger partial charge in [-0.05, 0) is 17.7 Å². The molecule has 0 atom stereocenters. The third-order valence-corrected chi connectivity index (χ3v) is 2.68. The Bertz CT molecular complexity index is 584. The van der Waals surface area contributed by atoms with Crippen LogP contribution in [-0.4, -0.2) is 17.5 Å². The van der Waals surface area contributed by atoms with E-state index >= 15 is 0 Å². The van der Waals surface area contributed by atoms with Gasteiger partial charge in [0.1, 0.15) is 11.4 Å². The Balaban J connectivity index is 1.94. The fraction of sp³-hybridized carbons (Fsp3) is 0.143. The molecule has 1 amide bonds. The quantitative estimate of drug-likeness (QED) is 0.792. The van der Waals surface area contributed by atoms with Crippen LogP contribution in [0.2, 0.25) is 0 Å². The second-order valence-electron chi connectivity index (χ2n) is 4.04. The van der Waals surface area contributed by atoms with Crippen LogP contribution in [0.15, 0.2) is 42.6 Å². The summed E-state index contributed by atoms with van der Waals surface area (Å²) in [5.41, 5.74) is 13.0. The van der Waals surface area contributed by atoms with Crippen LogP contribution in [0.25, 0.3) is 0 Å². The molecule has 1 aromatic carbocycles. The van der Waals surface area contributed by atoms with E-state index in [2.05, 4.69) is 4.98 Å². The lowest BCUT2D eigenvalue weighted by atomic mass is 10.1. The summed E-state index contributed by atoms with van der Waals surface area (Å²) in [5, 5.41) is 0. The highest BCUT2D eigenvalue weighted by Crippen LogP contribution is 2.14. The summed E-state index contributed by atoms with van der Waals surface area (Å²) in [7, 11) is 0. The van der Waals surface area contributed by atoms with Gasteiger partial charge in [0.25, 0.3) is 5.91 Å². The first-order valence-corrected chi connectivity index (χ1v) is 5.89. The van der Waals surface area contributed by atoms with Crippen LogP contribution in [0.5, 0.6) is 5.75 Å². The predicted octanol–water partition coefficient (Wildman–Crippen LogP) is 1.38. The minimum Gasteiger partial charge on any atom is -0.493 e. The van der Waals surface area contributed by atoms with Gasteiger partial charge in [0, 0.05) is 24.4 Å². The maximum atomic E-state index is 11.0. The summed E-state index contributed by atoms with van der Waals surface area (Å²) < 4.78 is 5.55. The third kappa shape index (κ3) is 3.45. The molecule has 1 heterocycles. The van der Waals surface area contributed by atoms with Crippen molar-refractivity contribution in [1.29, 1.82) is 0 Å². The molecule has 0 bridgehead atoms. The molecule has 5 nitrogen and oxygen atoms in total. The summed E-state index contributed by atoms with van der Waals surface area (Å²) in [6.45, 7) is 0.469. The number of rotatable bonds is 5. The molecule has 0 aliphatic carbocycles. The number of nitrogens with zero attached hydrogens (tertiary/aromatic N) is 1. The zero-order valence-electron chi connectivity index (χ0n) is 10.4. The molecule has 0 aliphatic rings. The number of hydrogen-bond donors (Lipinski definition) is 2. The molecule has 4 N–H and O–H groups in total. The van der Waals surface area contributed by atoms with Crippen LogP contribution in [-0.2, 0) is 6.42 Å². The van der Waals surface area contributed by atoms with Crippen molar-refractivity contribution in [3.63, 3.8) is 0 Å². The second-order valence-corrected chi connectivity index (χ2v) is 4.04. The Morgan fingerprint density at radius 1 is 1.26 bits per heavy atom. The number of carbonyl (C=O) groups excluding carboxylic acids is 1. The molecule has 0 unspecified atom stereocenters. The van der Waals surface area contributed by atoms with Crippen molar-refractivity contribution < 1.29 is 9.53 Å². The topological polar surface area (TPSA) is 91.2 Å². The molecule has 2 rings (SSSR count). The largest absolute Gasteiger partial charge is 0.493 e. The molecular weight excluding hydrogens is 242 g/mol. The Labute approximate surface area is 111 Å². The lowest BCUT2D eigenvalue weighted by Crippen LogP contribution is -2.13. The normalized spacial score (nSPS) is 10.1. The first-order chi connectivity index (χ1) is 9.16. The average molecular weight is 257 g/mol. The van der Waals surface area contributed by atoms with Crippen LogP contribution >= 0.6 is 0 Å². The van der Waals surface area contributed by atoms with Crippen molar-refractivity contribution in [1.82, 2.24) is 4.98 Å². The number of amides is 1. The molecule has 19 heavy (non-hydrogen) atoms. The molecule has 0 fully saturated rings. The van der Waals surface area contributed by atoms with E-state index in [0.717, 1.165) is 11.3 Å². The van der Waals surface area contributed by atoms with Crippen LogP contribution in [0.4, 0.5) is 5.69 Å². The average Bonchev–Trinajstić information content (AvgIpc) is 2.41. The minimum atomic E-state index is -0.572. The molecule has 0 saturated carbocycles. The number of para-hydroxylation sites is 1. The second kappa shape index (κ2) is 5.86. The highest BCUT2D eigenvalue weighted by molar-refractivity contribution is 5.91. The van der Waals surface area contributed by atoms with Gasteiger partial charge in [-0.25, -0.2) is 0 Å². The van der Waals surface area contributed by atoms with Crippen molar-refractivity contribution in [2.75, 3.05) is 12.3 Å². The van der Waals surface area contributed by atoms with Gasteiger partial charge in [-0.2, -0.15) is 0 Å². The van der Waals surface area contributed by atoms with Gasteiger partial charge >= 0.3 is 0 Å². The maximum Gasteiger partial charge on any atom is 0.267 e. The highest BCUT2D eigenvalue weighted by atomic mass is 16.5. The number of primary amides is 1. The number of hydrogen-bond acceptors (Lipinski definition) is 4. The van der Waals surface area contributed by atoms with Crippen LogP contribution in [0.3, 0.4) is 0 Å². The van der Waals surface area contributed by atoms with Crippen molar-refractivity contribution in [3.8, 4) is 5.75 Å². The summed E-state index contributed by atoms with van der Waals surface area (Å²) in [6, 6.07) is 10.8. The molecule has 98 valence electrons. The van der Waals surface area contributed by atoms with E-state index in [-0.39, 0.29) is 5.69 Å². The van der Waals surface area contributed by atoms with Crippen molar-refractivity contribution in [2.45, 2.75) is 6.42 Å². The summed E-state index contributed by atoms with van der Waals surface area (Å²) in [5.74, 6) is -0.00365. The van der Waals surface area contributed by atoms with Gasteiger partial charge < -0.3 is 16.2 Å². The number of benzene rings is 1. The number of nitrogens with two attached hydrogens (primary N) is 2. The molecule has 2 aromatic rings. The van der Waals surface area contributed by atoms with E-state index < -0.39 is 5.91 Å².